The van der Waals surface area contributed by atoms with Gasteiger partial charge in [-0.3, -0.25) is 4.68 Å². The van der Waals surface area contributed by atoms with Crippen LogP contribution in [0.4, 0.5) is 0 Å². The van der Waals surface area contributed by atoms with Crippen molar-refractivity contribution < 1.29 is 13.2 Å². The van der Waals surface area contributed by atoms with E-state index in [1.807, 2.05) is 11.6 Å². The van der Waals surface area contributed by atoms with Crippen molar-refractivity contribution in [2.45, 2.75) is 32.5 Å². The van der Waals surface area contributed by atoms with Crippen molar-refractivity contribution >= 4 is 10.0 Å². The van der Waals surface area contributed by atoms with E-state index in [2.05, 4.69) is 24.3 Å². The second-order valence-electron chi connectivity index (χ2n) is 6.62. The lowest BCUT2D eigenvalue weighted by atomic mass is 10.0. The van der Waals surface area contributed by atoms with Gasteiger partial charge in [0, 0.05) is 36.3 Å². The Bertz CT molecular complexity index is 867. The third-order valence-corrected chi connectivity index (χ3v) is 5.92. The first-order valence-electron chi connectivity index (χ1n) is 8.14. The van der Waals surface area contributed by atoms with Crippen molar-refractivity contribution in [1.29, 1.82) is 0 Å². The highest BCUT2D eigenvalue weighted by Gasteiger charge is 2.32. The number of hydrogen-bond acceptors (Lipinski definition) is 4. The summed E-state index contributed by atoms with van der Waals surface area (Å²) in [4.78, 5) is 0. The van der Waals surface area contributed by atoms with E-state index in [1.54, 1.807) is 0 Å². The number of aryl methyl sites for hydroxylation is 1. The zero-order valence-electron chi connectivity index (χ0n) is 13.9. The van der Waals surface area contributed by atoms with Gasteiger partial charge in [-0.2, -0.15) is 9.40 Å². The van der Waals surface area contributed by atoms with Crippen LogP contribution in [-0.2, 0) is 34.3 Å². The maximum atomic E-state index is 12.0. The monoisotopic (exact) mass is 347 g/mol. The third-order valence-electron chi connectivity index (χ3n) is 4.67. The van der Waals surface area contributed by atoms with E-state index in [1.165, 1.54) is 16.1 Å². The summed E-state index contributed by atoms with van der Waals surface area (Å²) in [5.74, 6) is 0. The Kier molecular flexibility index (Phi) is 3.74. The fraction of sp³-hybridized carbons (Fsp3) is 0.471. The van der Waals surface area contributed by atoms with Gasteiger partial charge < -0.3 is 4.74 Å². The van der Waals surface area contributed by atoms with E-state index in [0.717, 1.165) is 35.7 Å². The predicted octanol–water partition coefficient (Wildman–Crippen LogP) is 1.58. The zero-order valence-corrected chi connectivity index (χ0v) is 14.7. The quantitative estimate of drug-likeness (QED) is 0.788. The standard InChI is InChI=1S/C17H21N3O3S/c1-12-3-5-13(6-4-12)17-15-10-19(24(2,21)22)8-7-16(15)20(18-17)9-14-11-23-14/h3-6,14H,7-11H2,1-2H3/t14-/m1/s1. The molecule has 1 aromatic heterocycles. The van der Waals surface area contributed by atoms with E-state index in [4.69, 9.17) is 9.84 Å². The van der Waals surface area contributed by atoms with Gasteiger partial charge >= 0.3 is 0 Å². The molecule has 0 saturated carbocycles. The van der Waals surface area contributed by atoms with Gasteiger partial charge in [0.1, 0.15) is 6.10 Å². The van der Waals surface area contributed by atoms with Gasteiger partial charge in [0.05, 0.1) is 25.1 Å². The lowest BCUT2D eigenvalue weighted by molar-refractivity contribution is 0.358. The molecule has 0 N–H and O–H groups in total. The Morgan fingerprint density at radius 3 is 2.62 bits per heavy atom. The number of aromatic nitrogens is 2. The minimum Gasteiger partial charge on any atom is -0.371 e. The number of fused-ring (bicyclic) bond motifs is 1. The second kappa shape index (κ2) is 5.68. The molecule has 2 aliphatic rings. The smallest absolute Gasteiger partial charge is 0.211 e. The largest absolute Gasteiger partial charge is 0.371 e. The molecule has 6 nitrogen and oxygen atoms in total. The zero-order chi connectivity index (χ0) is 16.9. The number of epoxide rings is 1. The number of sulfonamides is 1. The van der Waals surface area contributed by atoms with Crippen LogP contribution in [0.1, 0.15) is 16.8 Å². The molecular formula is C17H21N3O3S. The van der Waals surface area contributed by atoms with E-state index in [9.17, 15) is 8.42 Å². The summed E-state index contributed by atoms with van der Waals surface area (Å²) < 4.78 is 32.8. The molecule has 2 aliphatic heterocycles. The van der Waals surface area contributed by atoms with Crippen molar-refractivity contribution in [3.63, 3.8) is 0 Å². The van der Waals surface area contributed by atoms with Crippen molar-refractivity contribution in [2.75, 3.05) is 19.4 Å². The first-order chi connectivity index (χ1) is 11.4. The Balaban J connectivity index is 1.78. The number of nitrogens with zero attached hydrogens (tertiary/aromatic N) is 3. The predicted molar refractivity (Wildman–Crippen MR) is 91.1 cm³/mol. The Morgan fingerprint density at radius 1 is 1.29 bits per heavy atom. The van der Waals surface area contributed by atoms with Gasteiger partial charge in [-0.05, 0) is 6.92 Å². The molecule has 128 valence electrons. The number of ether oxygens (including phenoxy) is 1. The molecule has 1 saturated heterocycles. The van der Waals surface area contributed by atoms with Crippen LogP contribution in [0.3, 0.4) is 0 Å². The summed E-state index contributed by atoms with van der Waals surface area (Å²) in [6.07, 6.45) is 2.20. The number of rotatable bonds is 4. The van der Waals surface area contributed by atoms with Crippen molar-refractivity contribution in [2.24, 2.45) is 0 Å². The van der Waals surface area contributed by atoms with Crippen molar-refractivity contribution in [1.82, 2.24) is 14.1 Å². The molecule has 0 radical (unpaired) electrons. The van der Waals surface area contributed by atoms with Crippen LogP contribution in [0.25, 0.3) is 11.3 Å². The van der Waals surface area contributed by atoms with Gasteiger partial charge in [0.25, 0.3) is 0 Å². The van der Waals surface area contributed by atoms with Crippen LogP contribution in [0, 0.1) is 6.92 Å². The van der Waals surface area contributed by atoms with Crippen LogP contribution in [0.15, 0.2) is 24.3 Å². The van der Waals surface area contributed by atoms with Crippen molar-refractivity contribution in [3.05, 3.63) is 41.1 Å². The normalized spacial score (nSPS) is 20.8. The molecule has 4 rings (SSSR count). The van der Waals surface area contributed by atoms with Gasteiger partial charge in [-0.25, -0.2) is 8.42 Å². The molecule has 1 fully saturated rings. The van der Waals surface area contributed by atoms with Crippen molar-refractivity contribution in [3.8, 4) is 11.3 Å². The van der Waals surface area contributed by atoms with Gasteiger partial charge in [0.15, 0.2) is 0 Å². The summed E-state index contributed by atoms with van der Waals surface area (Å²) in [7, 11) is -3.20. The lowest BCUT2D eigenvalue weighted by Crippen LogP contribution is -2.35. The highest BCUT2D eigenvalue weighted by molar-refractivity contribution is 7.88. The van der Waals surface area contributed by atoms with Gasteiger partial charge in [0.2, 0.25) is 10.0 Å². The molecule has 2 aromatic rings. The number of hydrogen-bond donors (Lipinski definition) is 0. The molecular weight excluding hydrogens is 326 g/mol. The summed E-state index contributed by atoms with van der Waals surface area (Å²) in [6.45, 7) is 4.48. The van der Waals surface area contributed by atoms with E-state index in [-0.39, 0.29) is 6.10 Å². The molecule has 3 heterocycles. The molecule has 0 spiro atoms. The topological polar surface area (TPSA) is 67.7 Å². The summed E-state index contributed by atoms with van der Waals surface area (Å²) >= 11 is 0. The molecule has 7 heteroatoms. The maximum absolute atomic E-state index is 12.0. The van der Waals surface area contributed by atoms with E-state index >= 15 is 0 Å². The summed E-state index contributed by atoms with van der Waals surface area (Å²) in [5.41, 5.74) is 5.27. The van der Waals surface area contributed by atoms with Gasteiger partial charge in [-0.1, -0.05) is 29.8 Å². The van der Waals surface area contributed by atoms with E-state index in [0.29, 0.717) is 19.5 Å². The summed E-state index contributed by atoms with van der Waals surface area (Å²) in [6, 6.07) is 8.22. The molecule has 24 heavy (non-hydrogen) atoms. The molecule has 0 aliphatic carbocycles. The SMILES string of the molecule is Cc1ccc(-c2nn(C[C@@H]3CO3)c3c2CN(S(C)(=O)=O)CC3)cc1. The molecule has 1 aromatic carbocycles. The minimum atomic E-state index is -3.20. The fourth-order valence-electron chi connectivity index (χ4n) is 3.21. The van der Waals surface area contributed by atoms with Gasteiger partial charge in [-0.15, -0.1) is 0 Å². The fourth-order valence-corrected chi connectivity index (χ4v) is 4.00. The average Bonchev–Trinajstić information content (AvgIpc) is 3.28. The van der Waals surface area contributed by atoms with Crippen LogP contribution in [-0.4, -0.2) is 48.0 Å². The van der Waals surface area contributed by atoms with Crippen LogP contribution < -0.4 is 0 Å². The minimum absolute atomic E-state index is 0.243. The van der Waals surface area contributed by atoms with Crippen LogP contribution in [0.2, 0.25) is 0 Å². The molecule has 1 atom stereocenters. The number of benzene rings is 1. The first-order valence-corrected chi connectivity index (χ1v) is 9.99. The lowest BCUT2D eigenvalue weighted by Gasteiger charge is -2.25. The Morgan fingerprint density at radius 2 is 2.00 bits per heavy atom. The molecule has 0 amide bonds. The van der Waals surface area contributed by atoms with E-state index < -0.39 is 10.0 Å². The van der Waals surface area contributed by atoms with Crippen LogP contribution in [0.5, 0.6) is 0 Å². The molecule has 0 bridgehead atoms. The molecule has 0 unspecified atom stereocenters. The average molecular weight is 347 g/mol. The highest BCUT2D eigenvalue weighted by atomic mass is 32.2. The Labute approximate surface area is 142 Å². The maximum Gasteiger partial charge on any atom is 0.211 e. The highest BCUT2D eigenvalue weighted by Crippen LogP contribution is 2.32. The van der Waals surface area contributed by atoms with Crippen LogP contribution >= 0.6 is 0 Å². The first kappa shape index (κ1) is 15.8. The second-order valence-corrected chi connectivity index (χ2v) is 8.61. The third kappa shape index (κ3) is 2.99. The Hall–Kier alpha value is -1.70. The summed E-state index contributed by atoms with van der Waals surface area (Å²) in [5, 5.41) is 4.80.